The number of anilines is 1. The lowest BCUT2D eigenvalue weighted by atomic mass is 9.95. The summed E-state index contributed by atoms with van der Waals surface area (Å²) in [4.78, 5) is 18.7. The van der Waals surface area contributed by atoms with Crippen molar-refractivity contribution in [2.75, 3.05) is 38.2 Å². The molecular formula is C18H18BN5O2S. The number of hydrogen-bond donors (Lipinski definition) is 1. The minimum atomic E-state index is -0.112. The summed E-state index contributed by atoms with van der Waals surface area (Å²) < 4.78 is 5.30. The van der Waals surface area contributed by atoms with Gasteiger partial charge in [0.15, 0.2) is 0 Å². The number of pyridine rings is 1. The van der Waals surface area contributed by atoms with E-state index in [9.17, 15) is 4.79 Å². The van der Waals surface area contributed by atoms with Crippen molar-refractivity contribution in [3.05, 3.63) is 29.3 Å². The fourth-order valence-corrected chi connectivity index (χ4v) is 3.73. The topological polar surface area (TPSA) is 80.2 Å². The van der Waals surface area contributed by atoms with E-state index in [4.69, 9.17) is 12.6 Å². The lowest BCUT2D eigenvalue weighted by Crippen LogP contribution is -2.41. The number of fused-ring (bicyclic) bond motifs is 1. The molecule has 0 atom stereocenters. The van der Waals surface area contributed by atoms with Crippen LogP contribution in [0.3, 0.4) is 0 Å². The smallest absolute Gasteiger partial charge is 0.239 e. The van der Waals surface area contributed by atoms with Crippen molar-refractivity contribution in [3.63, 3.8) is 0 Å². The highest BCUT2D eigenvalue weighted by atomic mass is 32.1. The lowest BCUT2D eigenvalue weighted by Gasteiger charge is -2.25. The van der Waals surface area contributed by atoms with Gasteiger partial charge in [0.05, 0.1) is 19.8 Å². The van der Waals surface area contributed by atoms with Crippen LogP contribution in [0.5, 0.6) is 0 Å². The first-order valence-electron chi connectivity index (χ1n) is 8.69. The molecule has 1 N–H and O–H groups in total. The molecule has 2 aromatic heterocycles. The predicted molar refractivity (Wildman–Crippen MR) is 107 cm³/mol. The largest absolute Gasteiger partial charge is 0.379 e. The summed E-state index contributed by atoms with van der Waals surface area (Å²) in [7, 11) is 6.10. The summed E-state index contributed by atoms with van der Waals surface area (Å²) in [5.74, 6) is 0.336. The van der Waals surface area contributed by atoms with Crippen molar-refractivity contribution in [1.29, 1.82) is 0 Å². The van der Waals surface area contributed by atoms with Gasteiger partial charge in [-0.2, -0.15) is 0 Å². The van der Waals surface area contributed by atoms with Crippen LogP contribution in [0.2, 0.25) is 0 Å². The van der Waals surface area contributed by atoms with Gasteiger partial charge in [-0.15, -0.1) is 10.2 Å². The average molecular weight is 379 g/mol. The van der Waals surface area contributed by atoms with Crippen molar-refractivity contribution < 1.29 is 9.53 Å². The van der Waals surface area contributed by atoms with Gasteiger partial charge >= 0.3 is 0 Å². The molecule has 1 amide bonds. The number of ether oxygens (including phenoxy) is 1. The number of nitrogens with zero attached hydrogens (tertiary/aromatic N) is 4. The molecule has 4 rings (SSSR count). The zero-order chi connectivity index (χ0) is 18.8. The van der Waals surface area contributed by atoms with Crippen LogP contribution < -0.4 is 10.9 Å². The van der Waals surface area contributed by atoms with Crippen LogP contribution in [-0.2, 0) is 9.53 Å². The number of aryl methyl sites for hydroxylation is 1. The van der Waals surface area contributed by atoms with E-state index >= 15 is 0 Å². The third-order valence-electron chi connectivity index (χ3n) is 4.37. The van der Waals surface area contributed by atoms with Gasteiger partial charge in [0, 0.05) is 18.7 Å². The van der Waals surface area contributed by atoms with Crippen molar-refractivity contribution in [2.24, 2.45) is 0 Å². The third-order valence-corrected chi connectivity index (χ3v) is 5.26. The molecule has 3 heterocycles. The number of amides is 1. The molecule has 1 aliphatic rings. The summed E-state index contributed by atoms with van der Waals surface area (Å²) in [6, 6.07) is 7.70. The van der Waals surface area contributed by atoms with Gasteiger partial charge in [0.2, 0.25) is 5.91 Å². The Morgan fingerprint density at radius 1 is 1.30 bits per heavy atom. The Bertz CT molecular complexity index is 987. The summed E-state index contributed by atoms with van der Waals surface area (Å²) >= 11 is 1.53. The van der Waals surface area contributed by atoms with Crippen LogP contribution in [-0.4, -0.2) is 66.7 Å². The summed E-state index contributed by atoms with van der Waals surface area (Å²) in [6.07, 6.45) is 0. The first-order valence-corrected chi connectivity index (χ1v) is 9.51. The van der Waals surface area contributed by atoms with E-state index in [0.29, 0.717) is 31.2 Å². The number of morpholine rings is 1. The molecule has 0 saturated carbocycles. The molecule has 0 unspecified atom stereocenters. The second-order valence-electron chi connectivity index (χ2n) is 6.39. The molecule has 1 aliphatic heterocycles. The Labute approximate surface area is 162 Å². The maximum Gasteiger partial charge on any atom is 0.239 e. The molecule has 0 bridgehead atoms. The first kappa shape index (κ1) is 18.0. The highest BCUT2D eigenvalue weighted by Crippen LogP contribution is 2.26. The molecule has 7 nitrogen and oxygen atoms in total. The second kappa shape index (κ2) is 7.71. The number of carbonyl (C=O) groups excluding carboxylic acids is 1. The van der Waals surface area contributed by atoms with Crippen molar-refractivity contribution in [3.8, 4) is 10.6 Å². The number of nitrogens with one attached hydrogen (secondary N) is 1. The summed E-state index contributed by atoms with van der Waals surface area (Å²) in [6.45, 7) is 5.06. The van der Waals surface area contributed by atoms with Gasteiger partial charge in [-0.1, -0.05) is 23.5 Å². The maximum absolute atomic E-state index is 12.3. The standard InChI is InChI=1S/C18H18BN5O2S/c1-11-22-23-18(27-11)12-2-3-14-13(8-12)9-15(21-17(14)19)20-16(25)10-24-4-6-26-7-5-24/h2-3,8-9H,4-7,10H2,1H3,(H,20,21,25). The number of aromatic nitrogens is 3. The number of carbonyl (C=O) groups is 1. The Hall–Kier alpha value is -2.36. The highest BCUT2D eigenvalue weighted by Gasteiger charge is 2.15. The van der Waals surface area contributed by atoms with Crippen LogP contribution in [0.15, 0.2) is 24.3 Å². The molecule has 136 valence electrons. The van der Waals surface area contributed by atoms with Crippen molar-refractivity contribution in [1.82, 2.24) is 20.1 Å². The van der Waals surface area contributed by atoms with E-state index in [2.05, 4.69) is 25.4 Å². The van der Waals surface area contributed by atoms with E-state index in [-0.39, 0.29) is 5.91 Å². The van der Waals surface area contributed by atoms with Crippen molar-refractivity contribution >= 4 is 47.3 Å². The van der Waals surface area contributed by atoms with Crippen LogP contribution in [0.25, 0.3) is 21.3 Å². The predicted octanol–water partition coefficient (Wildman–Crippen LogP) is 1.13. The van der Waals surface area contributed by atoms with E-state index in [1.54, 1.807) is 0 Å². The Kier molecular flexibility index (Phi) is 5.15. The van der Waals surface area contributed by atoms with Crippen LogP contribution in [0.1, 0.15) is 5.01 Å². The minimum absolute atomic E-state index is 0.112. The minimum Gasteiger partial charge on any atom is -0.379 e. The number of benzene rings is 1. The summed E-state index contributed by atoms with van der Waals surface area (Å²) in [5, 5.41) is 14.6. The molecule has 1 saturated heterocycles. The van der Waals surface area contributed by atoms with E-state index in [1.807, 2.05) is 31.2 Å². The fourth-order valence-electron chi connectivity index (χ4n) is 3.04. The number of hydrogen-bond acceptors (Lipinski definition) is 7. The monoisotopic (exact) mass is 379 g/mol. The molecular weight excluding hydrogens is 361 g/mol. The fraction of sp³-hybridized carbons (Fsp3) is 0.333. The summed E-state index contributed by atoms with van der Waals surface area (Å²) in [5.41, 5.74) is 1.35. The Balaban J connectivity index is 1.56. The van der Waals surface area contributed by atoms with Crippen molar-refractivity contribution in [2.45, 2.75) is 6.92 Å². The van der Waals surface area contributed by atoms with Gasteiger partial charge in [-0.25, -0.2) is 4.98 Å². The Morgan fingerprint density at radius 3 is 2.85 bits per heavy atom. The maximum atomic E-state index is 12.3. The Morgan fingerprint density at radius 2 is 2.11 bits per heavy atom. The first-order chi connectivity index (χ1) is 13.1. The van der Waals surface area contributed by atoms with E-state index < -0.39 is 0 Å². The SMILES string of the molecule is [B]c1nc(NC(=O)CN2CCOCC2)cc2cc(-c3nnc(C)s3)ccc12. The molecule has 1 aromatic carbocycles. The van der Waals surface area contributed by atoms with Gasteiger partial charge < -0.3 is 10.1 Å². The van der Waals surface area contributed by atoms with Gasteiger partial charge in [-0.05, 0) is 35.4 Å². The highest BCUT2D eigenvalue weighted by molar-refractivity contribution is 7.14. The molecule has 27 heavy (non-hydrogen) atoms. The molecule has 3 aromatic rings. The van der Waals surface area contributed by atoms with Crippen LogP contribution in [0.4, 0.5) is 5.82 Å². The average Bonchev–Trinajstić information content (AvgIpc) is 3.08. The van der Waals surface area contributed by atoms with Gasteiger partial charge in [0.1, 0.15) is 23.7 Å². The van der Waals surface area contributed by atoms with Gasteiger partial charge in [-0.3, -0.25) is 9.69 Å². The zero-order valence-electron chi connectivity index (χ0n) is 14.9. The van der Waals surface area contributed by atoms with Crippen LogP contribution >= 0.6 is 11.3 Å². The third kappa shape index (κ3) is 4.15. The molecule has 0 spiro atoms. The molecule has 2 radical (unpaired) electrons. The van der Waals surface area contributed by atoms with Gasteiger partial charge in [0.25, 0.3) is 0 Å². The lowest BCUT2D eigenvalue weighted by molar-refractivity contribution is -0.118. The molecule has 9 heteroatoms. The number of rotatable bonds is 4. The normalized spacial score (nSPS) is 15.1. The molecule has 0 aliphatic carbocycles. The van der Waals surface area contributed by atoms with E-state index in [0.717, 1.165) is 39.4 Å². The molecule has 1 fully saturated rings. The second-order valence-corrected chi connectivity index (χ2v) is 7.57. The van der Waals surface area contributed by atoms with E-state index in [1.165, 1.54) is 11.3 Å². The zero-order valence-corrected chi connectivity index (χ0v) is 15.8. The van der Waals surface area contributed by atoms with Crippen LogP contribution in [0, 0.1) is 6.92 Å². The quantitative estimate of drug-likeness (QED) is 0.685.